The lowest BCUT2D eigenvalue weighted by Crippen LogP contribution is -2.36. The van der Waals surface area contributed by atoms with Gasteiger partial charge in [-0.1, -0.05) is 24.3 Å². The number of nitrogens with one attached hydrogen (secondary N) is 2. The zero-order chi connectivity index (χ0) is 23.3. The van der Waals surface area contributed by atoms with Gasteiger partial charge in [-0.3, -0.25) is 9.67 Å². The van der Waals surface area contributed by atoms with E-state index in [1.54, 1.807) is 10.9 Å². The number of anilines is 3. The number of aryl methyl sites for hydroxylation is 1. The molecule has 3 aromatic heterocycles. The molecule has 8 nitrogen and oxygen atoms in total. The van der Waals surface area contributed by atoms with Crippen molar-refractivity contribution in [2.45, 2.75) is 37.6 Å². The van der Waals surface area contributed by atoms with Crippen LogP contribution in [0.5, 0.6) is 0 Å². The SMILES string of the molecule is CC1Cc2c(nc(Nc3cnn(C)c3)nc2-c2ccnc(C3(CN)Cc4ccccc4C3)c2)N1. The van der Waals surface area contributed by atoms with Gasteiger partial charge in [-0.15, -0.1) is 0 Å². The highest BCUT2D eigenvalue weighted by Crippen LogP contribution is 2.40. The fourth-order valence-electron chi connectivity index (χ4n) is 5.29. The Morgan fingerprint density at radius 3 is 2.68 bits per heavy atom. The number of aromatic nitrogens is 5. The molecule has 4 heterocycles. The van der Waals surface area contributed by atoms with Gasteiger partial charge in [0.15, 0.2) is 0 Å². The Kier molecular flexibility index (Phi) is 4.84. The number of fused-ring (bicyclic) bond motifs is 2. The molecule has 4 aromatic rings. The number of nitrogens with zero attached hydrogens (tertiary/aromatic N) is 5. The zero-order valence-electron chi connectivity index (χ0n) is 19.4. The van der Waals surface area contributed by atoms with Gasteiger partial charge in [0.25, 0.3) is 0 Å². The molecule has 4 N–H and O–H groups in total. The van der Waals surface area contributed by atoms with E-state index >= 15 is 0 Å². The molecule has 1 atom stereocenters. The Bertz CT molecular complexity index is 1350. The van der Waals surface area contributed by atoms with E-state index in [1.807, 2.05) is 25.5 Å². The van der Waals surface area contributed by atoms with Crippen molar-refractivity contribution in [2.75, 3.05) is 17.2 Å². The highest BCUT2D eigenvalue weighted by atomic mass is 15.3. The van der Waals surface area contributed by atoms with Crippen LogP contribution >= 0.6 is 0 Å². The Hall–Kier alpha value is -3.78. The highest BCUT2D eigenvalue weighted by Gasteiger charge is 2.39. The Balaban J connectivity index is 1.41. The fraction of sp³-hybridized carbons (Fsp3) is 0.308. The molecule has 8 heteroatoms. The molecule has 0 amide bonds. The van der Waals surface area contributed by atoms with E-state index in [4.69, 9.17) is 20.7 Å². The van der Waals surface area contributed by atoms with Crippen LogP contribution in [0.4, 0.5) is 17.5 Å². The lowest BCUT2D eigenvalue weighted by molar-refractivity contribution is 0.450. The first-order chi connectivity index (χ1) is 16.5. The summed E-state index contributed by atoms with van der Waals surface area (Å²) in [4.78, 5) is 14.5. The van der Waals surface area contributed by atoms with Crippen LogP contribution in [0, 0.1) is 0 Å². The lowest BCUT2D eigenvalue weighted by Gasteiger charge is -2.27. The average Bonchev–Trinajstić information content (AvgIpc) is 3.54. The molecule has 2 aliphatic rings. The van der Waals surface area contributed by atoms with E-state index < -0.39 is 0 Å². The van der Waals surface area contributed by atoms with Crippen LogP contribution in [0.25, 0.3) is 11.3 Å². The smallest absolute Gasteiger partial charge is 0.229 e. The maximum Gasteiger partial charge on any atom is 0.229 e. The molecule has 0 saturated carbocycles. The molecule has 0 radical (unpaired) electrons. The van der Waals surface area contributed by atoms with Crippen molar-refractivity contribution < 1.29 is 0 Å². The first kappa shape index (κ1) is 20.8. The van der Waals surface area contributed by atoms with Gasteiger partial charge < -0.3 is 16.4 Å². The monoisotopic (exact) mass is 452 g/mol. The number of hydrogen-bond donors (Lipinski definition) is 3. The Morgan fingerprint density at radius 2 is 1.97 bits per heavy atom. The maximum absolute atomic E-state index is 6.40. The summed E-state index contributed by atoms with van der Waals surface area (Å²) in [6.07, 6.45) is 8.25. The quantitative estimate of drug-likeness (QED) is 0.426. The summed E-state index contributed by atoms with van der Waals surface area (Å²) in [5.41, 5.74) is 13.9. The molecule has 1 aromatic carbocycles. The van der Waals surface area contributed by atoms with Crippen LogP contribution in [-0.2, 0) is 31.7 Å². The fourth-order valence-corrected chi connectivity index (χ4v) is 5.29. The molecule has 34 heavy (non-hydrogen) atoms. The molecule has 0 saturated heterocycles. The van der Waals surface area contributed by atoms with Crippen LogP contribution < -0.4 is 16.4 Å². The summed E-state index contributed by atoms with van der Waals surface area (Å²) in [6, 6.07) is 13.1. The minimum atomic E-state index is -0.196. The second-order valence-corrected chi connectivity index (χ2v) is 9.54. The van der Waals surface area contributed by atoms with E-state index in [9.17, 15) is 0 Å². The normalized spacial score (nSPS) is 17.8. The van der Waals surface area contributed by atoms with Crippen molar-refractivity contribution in [3.05, 3.63) is 77.4 Å². The predicted molar refractivity (Wildman–Crippen MR) is 133 cm³/mol. The topological polar surface area (TPSA) is 107 Å². The van der Waals surface area contributed by atoms with Gasteiger partial charge in [-0.2, -0.15) is 10.1 Å². The molecule has 1 unspecified atom stereocenters. The Morgan fingerprint density at radius 1 is 1.18 bits per heavy atom. The van der Waals surface area contributed by atoms with E-state index in [2.05, 4.69) is 53.0 Å². The number of rotatable bonds is 5. The van der Waals surface area contributed by atoms with Crippen molar-refractivity contribution in [1.29, 1.82) is 0 Å². The van der Waals surface area contributed by atoms with Crippen LogP contribution in [0.15, 0.2) is 55.0 Å². The summed E-state index contributed by atoms with van der Waals surface area (Å²) in [6.45, 7) is 2.71. The van der Waals surface area contributed by atoms with Gasteiger partial charge in [0.05, 0.1) is 17.6 Å². The molecular formula is C26H28N8. The second kappa shape index (κ2) is 7.92. The standard InChI is InChI=1S/C26H28N8/c1-16-9-21-23(32-25(33-24(21)30-16)31-20-13-29-34(2)14-20)17-7-8-28-22(10-17)26(15-27)11-18-5-3-4-6-19(18)12-26/h3-8,10,13-14,16H,9,11-12,15,27H2,1-2H3,(H2,30,31,32,33). The van der Waals surface area contributed by atoms with Crippen molar-refractivity contribution >= 4 is 17.5 Å². The van der Waals surface area contributed by atoms with Gasteiger partial charge in [-0.25, -0.2) is 4.98 Å². The Labute approximate surface area is 198 Å². The maximum atomic E-state index is 6.40. The average molecular weight is 453 g/mol. The van der Waals surface area contributed by atoms with E-state index in [0.29, 0.717) is 18.5 Å². The van der Waals surface area contributed by atoms with E-state index in [0.717, 1.165) is 53.3 Å². The molecule has 1 aliphatic carbocycles. The molecule has 0 spiro atoms. The van der Waals surface area contributed by atoms with Gasteiger partial charge in [0, 0.05) is 54.3 Å². The van der Waals surface area contributed by atoms with Crippen LogP contribution in [0.3, 0.4) is 0 Å². The van der Waals surface area contributed by atoms with Gasteiger partial charge >= 0.3 is 0 Å². The molecule has 1 aliphatic heterocycles. The minimum absolute atomic E-state index is 0.196. The third-order valence-electron chi connectivity index (χ3n) is 7.01. The highest BCUT2D eigenvalue weighted by molar-refractivity contribution is 5.73. The predicted octanol–water partition coefficient (Wildman–Crippen LogP) is 3.37. The number of nitrogens with two attached hydrogens (primary N) is 1. The van der Waals surface area contributed by atoms with Gasteiger partial charge in [0.1, 0.15) is 5.82 Å². The summed E-state index contributed by atoms with van der Waals surface area (Å²) in [7, 11) is 1.89. The summed E-state index contributed by atoms with van der Waals surface area (Å²) < 4.78 is 1.75. The first-order valence-corrected chi connectivity index (χ1v) is 11.7. The van der Waals surface area contributed by atoms with Gasteiger partial charge in [-0.05, 0) is 49.4 Å². The minimum Gasteiger partial charge on any atom is -0.367 e. The molecule has 172 valence electrons. The van der Waals surface area contributed by atoms with E-state index in [1.165, 1.54) is 11.1 Å². The van der Waals surface area contributed by atoms with Crippen molar-refractivity contribution in [3.8, 4) is 11.3 Å². The largest absolute Gasteiger partial charge is 0.367 e. The van der Waals surface area contributed by atoms with Gasteiger partial charge in [0.2, 0.25) is 5.95 Å². The second-order valence-electron chi connectivity index (χ2n) is 9.54. The van der Waals surface area contributed by atoms with Crippen LogP contribution in [-0.4, -0.2) is 37.3 Å². The summed E-state index contributed by atoms with van der Waals surface area (Å²) >= 11 is 0. The molecule has 0 fully saturated rings. The first-order valence-electron chi connectivity index (χ1n) is 11.7. The number of hydrogen-bond acceptors (Lipinski definition) is 7. The summed E-state index contributed by atoms with van der Waals surface area (Å²) in [5, 5.41) is 11.0. The van der Waals surface area contributed by atoms with Crippen molar-refractivity contribution in [1.82, 2.24) is 24.7 Å². The molecule has 6 rings (SSSR count). The lowest BCUT2D eigenvalue weighted by atomic mass is 9.80. The van der Waals surface area contributed by atoms with Crippen LogP contribution in [0.1, 0.15) is 29.3 Å². The van der Waals surface area contributed by atoms with Crippen molar-refractivity contribution in [2.24, 2.45) is 12.8 Å². The third kappa shape index (κ3) is 3.51. The van der Waals surface area contributed by atoms with Crippen LogP contribution in [0.2, 0.25) is 0 Å². The number of pyridine rings is 1. The molecule has 0 bridgehead atoms. The van der Waals surface area contributed by atoms with Crippen molar-refractivity contribution in [3.63, 3.8) is 0 Å². The third-order valence-corrected chi connectivity index (χ3v) is 7.01. The van der Waals surface area contributed by atoms with E-state index in [-0.39, 0.29) is 5.41 Å². The zero-order valence-corrected chi connectivity index (χ0v) is 19.4. The molecular weight excluding hydrogens is 424 g/mol. The number of benzene rings is 1. The summed E-state index contributed by atoms with van der Waals surface area (Å²) in [5.74, 6) is 1.42.